The number of ether oxygens (including phenoxy) is 1. The summed E-state index contributed by atoms with van der Waals surface area (Å²) in [5.74, 6) is 1.74. The molecule has 3 rings (SSSR count). The van der Waals surface area contributed by atoms with Crippen LogP contribution < -0.4 is 15.4 Å². The van der Waals surface area contributed by atoms with Crippen LogP contribution in [-0.4, -0.2) is 18.0 Å². The molecule has 0 unspecified atom stereocenters. The zero-order valence-corrected chi connectivity index (χ0v) is 18.8. The number of hydrogen-bond acceptors (Lipinski definition) is 4. The Bertz CT molecular complexity index is 897. The lowest BCUT2D eigenvalue weighted by molar-refractivity contribution is 0.480. The van der Waals surface area contributed by atoms with Crippen LogP contribution >= 0.6 is 35.3 Å². The predicted molar refractivity (Wildman–Crippen MR) is 122 cm³/mol. The minimum absolute atomic E-state index is 0. The van der Waals surface area contributed by atoms with Crippen molar-refractivity contribution in [1.82, 2.24) is 15.6 Å². The van der Waals surface area contributed by atoms with Crippen LogP contribution in [-0.2, 0) is 13.1 Å². The normalized spacial score (nSPS) is 10.9. The molecule has 0 bridgehead atoms. The molecule has 0 aliphatic rings. The molecular weight excluding hydrogens is 490 g/mol. The second-order valence-corrected chi connectivity index (χ2v) is 7.16. The summed E-state index contributed by atoms with van der Waals surface area (Å²) in [5.41, 5.74) is 1.09. The number of nitrogens with zero attached hydrogens (tertiary/aromatic N) is 2. The third kappa shape index (κ3) is 6.75. The van der Waals surface area contributed by atoms with Gasteiger partial charge in [0.1, 0.15) is 22.3 Å². The molecule has 0 saturated carbocycles. The summed E-state index contributed by atoms with van der Waals surface area (Å²) in [6.45, 7) is 3.31. The molecule has 148 valence electrons. The molecule has 0 atom stereocenters. The van der Waals surface area contributed by atoms with Crippen molar-refractivity contribution in [2.45, 2.75) is 20.0 Å². The average Bonchev–Trinajstić information content (AvgIpc) is 3.10. The first-order chi connectivity index (χ1) is 13.1. The Labute approximate surface area is 185 Å². The lowest BCUT2D eigenvalue weighted by atomic mass is 10.2. The highest BCUT2D eigenvalue weighted by atomic mass is 127. The van der Waals surface area contributed by atoms with E-state index >= 15 is 0 Å². The van der Waals surface area contributed by atoms with E-state index in [9.17, 15) is 4.39 Å². The lowest BCUT2D eigenvalue weighted by Gasteiger charge is -2.11. The van der Waals surface area contributed by atoms with Gasteiger partial charge in [0.05, 0.1) is 6.54 Å². The Balaban J connectivity index is 0.00000280. The van der Waals surface area contributed by atoms with E-state index in [1.165, 1.54) is 17.0 Å². The number of thiazole rings is 1. The van der Waals surface area contributed by atoms with Crippen LogP contribution in [0.4, 0.5) is 4.39 Å². The summed E-state index contributed by atoms with van der Waals surface area (Å²) in [7, 11) is 1.74. The van der Waals surface area contributed by atoms with E-state index in [0.717, 1.165) is 16.5 Å². The molecule has 1 heterocycles. The summed E-state index contributed by atoms with van der Waals surface area (Å²) < 4.78 is 18.6. The Hall–Kier alpha value is -2.20. The SMILES string of the molecule is CN=C(NCc1ccc(Oc2ccc(F)cc2)cc1)NCc1ncc(C)s1.I. The van der Waals surface area contributed by atoms with Gasteiger partial charge in [-0.2, -0.15) is 0 Å². The number of halogens is 2. The molecule has 0 aliphatic heterocycles. The first kappa shape index (κ1) is 22.1. The van der Waals surface area contributed by atoms with E-state index in [-0.39, 0.29) is 29.8 Å². The molecule has 0 saturated heterocycles. The fourth-order valence-electron chi connectivity index (χ4n) is 2.36. The second kappa shape index (κ2) is 11.0. The van der Waals surface area contributed by atoms with Crippen molar-refractivity contribution in [3.63, 3.8) is 0 Å². The van der Waals surface area contributed by atoms with Crippen molar-refractivity contribution in [2.75, 3.05) is 7.05 Å². The van der Waals surface area contributed by atoms with Crippen molar-refractivity contribution in [3.8, 4) is 11.5 Å². The highest BCUT2D eigenvalue weighted by Gasteiger charge is 2.03. The third-order valence-electron chi connectivity index (χ3n) is 3.73. The number of nitrogens with one attached hydrogen (secondary N) is 2. The fourth-order valence-corrected chi connectivity index (χ4v) is 3.09. The van der Waals surface area contributed by atoms with Crippen LogP contribution in [0.2, 0.25) is 0 Å². The Kier molecular flexibility index (Phi) is 8.65. The standard InChI is InChI=1S/C20H21FN4OS.HI/c1-14-11-23-19(27-14)13-25-20(22-2)24-12-15-3-7-17(8-4-15)26-18-9-5-16(21)6-10-18;/h3-11H,12-13H2,1-2H3,(H2,22,24,25);1H. The maximum atomic E-state index is 12.9. The van der Waals surface area contributed by atoms with Gasteiger partial charge >= 0.3 is 0 Å². The number of aryl methyl sites for hydroxylation is 1. The molecule has 0 amide bonds. The molecule has 0 spiro atoms. The van der Waals surface area contributed by atoms with Crippen LogP contribution in [0.15, 0.2) is 59.7 Å². The third-order valence-corrected chi connectivity index (χ3v) is 4.65. The van der Waals surface area contributed by atoms with E-state index in [2.05, 4.69) is 20.6 Å². The molecule has 2 N–H and O–H groups in total. The van der Waals surface area contributed by atoms with Crippen LogP contribution in [0.3, 0.4) is 0 Å². The molecule has 28 heavy (non-hydrogen) atoms. The molecule has 2 aromatic carbocycles. The van der Waals surface area contributed by atoms with Crippen molar-refractivity contribution < 1.29 is 9.13 Å². The smallest absolute Gasteiger partial charge is 0.191 e. The van der Waals surface area contributed by atoms with Crippen molar-refractivity contribution >= 4 is 41.3 Å². The number of guanidine groups is 1. The minimum Gasteiger partial charge on any atom is -0.457 e. The Morgan fingerprint density at radius 2 is 1.64 bits per heavy atom. The van der Waals surface area contributed by atoms with Crippen LogP contribution in [0.25, 0.3) is 0 Å². The molecule has 3 aromatic rings. The van der Waals surface area contributed by atoms with Gasteiger partial charge in [-0.05, 0) is 48.9 Å². The summed E-state index contributed by atoms with van der Waals surface area (Å²) in [4.78, 5) is 9.74. The zero-order chi connectivity index (χ0) is 19.1. The summed E-state index contributed by atoms with van der Waals surface area (Å²) in [6.07, 6.45) is 1.87. The molecule has 1 aromatic heterocycles. The minimum atomic E-state index is -0.282. The number of aromatic nitrogens is 1. The molecular formula is C20H22FIN4OS. The number of benzene rings is 2. The van der Waals surface area contributed by atoms with Gasteiger partial charge in [0, 0.05) is 24.7 Å². The van der Waals surface area contributed by atoms with E-state index in [4.69, 9.17) is 4.74 Å². The van der Waals surface area contributed by atoms with Gasteiger partial charge in [-0.25, -0.2) is 9.37 Å². The van der Waals surface area contributed by atoms with Gasteiger partial charge < -0.3 is 15.4 Å². The van der Waals surface area contributed by atoms with Crippen molar-refractivity contribution in [3.05, 3.63) is 76.0 Å². The first-order valence-electron chi connectivity index (χ1n) is 8.50. The van der Waals surface area contributed by atoms with Crippen molar-refractivity contribution in [1.29, 1.82) is 0 Å². The highest BCUT2D eigenvalue weighted by molar-refractivity contribution is 14.0. The molecule has 0 aliphatic carbocycles. The van der Waals surface area contributed by atoms with Crippen LogP contribution in [0.5, 0.6) is 11.5 Å². The van der Waals surface area contributed by atoms with E-state index in [0.29, 0.717) is 24.6 Å². The number of hydrogen-bond donors (Lipinski definition) is 2. The van der Waals surface area contributed by atoms with E-state index < -0.39 is 0 Å². The quantitative estimate of drug-likeness (QED) is 0.281. The van der Waals surface area contributed by atoms with Gasteiger partial charge in [0.15, 0.2) is 5.96 Å². The van der Waals surface area contributed by atoms with Gasteiger partial charge in [-0.15, -0.1) is 35.3 Å². The van der Waals surface area contributed by atoms with Crippen LogP contribution in [0.1, 0.15) is 15.4 Å². The number of aliphatic imine (C=N–C) groups is 1. The van der Waals surface area contributed by atoms with Crippen LogP contribution in [0, 0.1) is 12.7 Å². The summed E-state index contributed by atoms with van der Waals surface area (Å²) in [6, 6.07) is 13.7. The predicted octanol–water partition coefficient (Wildman–Crippen LogP) is 4.87. The molecule has 0 radical (unpaired) electrons. The topological polar surface area (TPSA) is 58.5 Å². The largest absolute Gasteiger partial charge is 0.457 e. The molecule has 8 heteroatoms. The van der Waals surface area contributed by atoms with E-state index in [1.807, 2.05) is 37.4 Å². The maximum Gasteiger partial charge on any atom is 0.191 e. The van der Waals surface area contributed by atoms with E-state index in [1.54, 1.807) is 30.5 Å². The Morgan fingerprint density at radius 1 is 1.04 bits per heavy atom. The molecule has 0 fully saturated rings. The van der Waals surface area contributed by atoms with Gasteiger partial charge in [-0.3, -0.25) is 4.99 Å². The zero-order valence-electron chi connectivity index (χ0n) is 15.6. The maximum absolute atomic E-state index is 12.9. The summed E-state index contributed by atoms with van der Waals surface area (Å²) >= 11 is 1.67. The highest BCUT2D eigenvalue weighted by Crippen LogP contribution is 2.21. The lowest BCUT2D eigenvalue weighted by Crippen LogP contribution is -2.36. The van der Waals surface area contributed by atoms with Crippen molar-refractivity contribution in [2.24, 2.45) is 4.99 Å². The second-order valence-electron chi connectivity index (χ2n) is 5.84. The van der Waals surface area contributed by atoms with Gasteiger partial charge in [-0.1, -0.05) is 12.1 Å². The number of rotatable bonds is 6. The summed E-state index contributed by atoms with van der Waals surface area (Å²) in [5, 5.41) is 7.55. The Morgan fingerprint density at radius 3 is 2.21 bits per heavy atom. The first-order valence-corrected chi connectivity index (χ1v) is 9.32. The fraction of sp³-hybridized carbons (Fsp3) is 0.200. The molecule has 5 nitrogen and oxygen atoms in total. The monoisotopic (exact) mass is 512 g/mol. The van der Waals surface area contributed by atoms with Gasteiger partial charge in [0.25, 0.3) is 0 Å². The average molecular weight is 512 g/mol. The van der Waals surface area contributed by atoms with Gasteiger partial charge in [0.2, 0.25) is 0 Å².